The minimum Gasteiger partial charge on any atom is -0.147 e. The summed E-state index contributed by atoms with van der Waals surface area (Å²) in [6.45, 7) is 29.9. The molecule has 2 aliphatic rings. The van der Waals surface area contributed by atoms with Gasteiger partial charge < -0.3 is 0 Å². The molecule has 0 saturated carbocycles. The van der Waals surface area contributed by atoms with Crippen LogP contribution in [0.4, 0.5) is 0 Å². The summed E-state index contributed by atoms with van der Waals surface area (Å²) in [6.07, 6.45) is 7.83. The molecule has 2 aliphatic carbocycles. The first-order chi connectivity index (χ1) is 12.9. The Morgan fingerprint density at radius 3 is 1.09 bits per heavy atom. The molecule has 0 nitrogen and oxygen atoms in total. The third-order valence-corrected chi connectivity index (χ3v) is 23.4. The number of allylic oxidation sites excluding steroid dienone is 8. The number of hydrogen-bond acceptors (Lipinski definition) is 0. The predicted octanol–water partition coefficient (Wildman–Crippen LogP) is 9.18. The molecule has 0 aliphatic heterocycles. The quantitative estimate of drug-likeness (QED) is 0.297. The Hall–Kier alpha value is 0.905. The summed E-state index contributed by atoms with van der Waals surface area (Å²) in [5.41, 5.74) is 3.90. The smallest absolute Gasteiger partial charge is 0.147 e. The topological polar surface area (TPSA) is 0 Å². The summed E-state index contributed by atoms with van der Waals surface area (Å²) >= 11 is -3.05. The van der Waals surface area contributed by atoms with Crippen molar-refractivity contribution in [2.24, 2.45) is 10.8 Å². The summed E-state index contributed by atoms with van der Waals surface area (Å²) in [5, 5.41) is 9.13. The number of rotatable bonds is 4. The second-order valence-electron chi connectivity index (χ2n) is 15.2. The monoisotopic (exact) mass is 566 g/mol. The first kappa shape index (κ1) is 32.9. The molecule has 0 spiro atoms. The van der Waals surface area contributed by atoms with Crippen molar-refractivity contribution in [3.63, 3.8) is 0 Å². The number of hydrogen-bond donors (Lipinski definition) is 0. The largest absolute Gasteiger partial charge is 0.147 e. The number of halogens is 2. The van der Waals surface area contributed by atoms with E-state index in [1.54, 1.807) is 21.5 Å². The van der Waals surface area contributed by atoms with E-state index in [1.165, 1.54) is 12.8 Å². The van der Waals surface area contributed by atoms with E-state index in [1.807, 2.05) is 7.76 Å². The van der Waals surface area contributed by atoms with Gasteiger partial charge in [0.15, 0.2) is 0 Å². The standard InChI is InChI=1S/2C12H21Si.2CH3.2ClH.H2Si.Ti/c2*1-12(2,3)10-7-8-11(9-10)13(4,5)6;;;;;;/h2*9H,7H2,1-6H3;2*1H3;2*1H;1H2;. The molecule has 0 bridgehead atoms. The molecular weight excluding hydrogens is 515 g/mol. The van der Waals surface area contributed by atoms with Crippen molar-refractivity contribution >= 4 is 48.6 Å². The van der Waals surface area contributed by atoms with Gasteiger partial charge in [0.25, 0.3) is 0 Å². The van der Waals surface area contributed by atoms with Gasteiger partial charge in [0.05, 0.1) is 0 Å². The average molecular weight is 568 g/mol. The normalized spacial score (nSPS) is 19.0. The molecule has 32 heavy (non-hydrogen) atoms. The first-order valence-electron chi connectivity index (χ1n) is 11.9. The third-order valence-electron chi connectivity index (χ3n) is 7.50. The zero-order valence-electron chi connectivity index (χ0n) is 23.6. The van der Waals surface area contributed by atoms with Gasteiger partial charge in [-0.3, -0.25) is 0 Å². The summed E-state index contributed by atoms with van der Waals surface area (Å²) in [5.74, 6) is 0. The van der Waals surface area contributed by atoms with Gasteiger partial charge in [0, 0.05) is 0 Å². The van der Waals surface area contributed by atoms with Crippen LogP contribution in [0.3, 0.4) is 0 Å². The maximum Gasteiger partial charge on any atom is -0.147 e. The molecule has 0 unspecified atom stereocenters. The maximum absolute atomic E-state index is 3.05. The molecule has 2 rings (SSSR count). The summed E-state index contributed by atoms with van der Waals surface area (Å²) < 4.78 is 3.84. The Balaban J connectivity index is 0.00000480. The second-order valence-corrected chi connectivity index (χ2v) is 44.3. The fraction of sp³-hybridized carbons (Fsp3) is 0.692. The maximum atomic E-state index is 2.76. The van der Waals surface area contributed by atoms with E-state index in [9.17, 15) is 0 Å². The molecule has 0 aromatic carbocycles. The molecular formula is C26H52Cl2Si3Ti. The van der Waals surface area contributed by atoms with E-state index in [2.05, 4.69) is 111 Å². The molecule has 0 aromatic rings. The van der Waals surface area contributed by atoms with Gasteiger partial charge in [-0.1, -0.05) is 0 Å². The molecule has 0 fully saturated rings. The van der Waals surface area contributed by atoms with Crippen LogP contribution < -0.4 is 0 Å². The minimum atomic E-state index is -3.05. The Bertz CT molecular complexity index is 873. The van der Waals surface area contributed by atoms with Gasteiger partial charge in [-0.05, 0) is 0 Å². The van der Waals surface area contributed by atoms with Crippen molar-refractivity contribution in [1.82, 2.24) is 0 Å². The minimum absolute atomic E-state index is 0. The Morgan fingerprint density at radius 2 is 0.906 bits per heavy atom. The first-order valence-corrected chi connectivity index (χ1v) is 27.6. The van der Waals surface area contributed by atoms with Crippen molar-refractivity contribution < 1.29 is 14.0 Å². The van der Waals surface area contributed by atoms with Gasteiger partial charge in [0.2, 0.25) is 0 Å². The van der Waals surface area contributed by atoms with Crippen molar-refractivity contribution in [1.29, 1.82) is 0 Å². The SMILES string of the molecule is CC(C)(C)C1=CC([Si](C)(C)C)=[C]([Ti]([CH3])([CH3])(=[SiH2])[C]2=C([Si](C)(C)C)C=C(C(C)(C)C)C2)C1.Cl.Cl. The van der Waals surface area contributed by atoms with E-state index >= 15 is 0 Å². The Labute approximate surface area is 217 Å². The third kappa shape index (κ3) is 6.56. The van der Waals surface area contributed by atoms with Crippen LogP contribution in [0, 0.1) is 10.8 Å². The van der Waals surface area contributed by atoms with E-state index in [4.69, 9.17) is 0 Å². The van der Waals surface area contributed by atoms with Crippen molar-refractivity contribution in [3.05, 3.63) is 41.4 Å². The summed E-state index contributed by atoms with van der Waals surface area (Å²) in [6, 6.07) is 0. The van der Waals surface area contributed by atoms with E-state index in [0.717, 1.165) is 0 Å². The van der Waals surface area contributed by atoms with Crippen molar-refractivity contribution in [2.75, 3.05) is 0 Å². The van der Waals surface area contributed by atoms with E-state index in [-0.39, 0.29) is 35.6 Å². The summed E-state index contributed by atoms with van der Waals surface area (Å²) in [7, 11) is -0.350. The molecule has 186 valence electrons. The van der Waals surface area contributed by atoms with Gasteiger partial charge in [-0.15, -0.1) is 24.8 Å². The van der Waals surface area contributed by atoms with Crippen molar-refractivity contribution in [3.8, 4) is 0 Å². The molecule has 0 saturated heterocycles. The summed E-state index contributed by atoms with van der Waals surface area (Å²) in [4.78, 5) is 0. The zero-order chi connectivity index (χ0) is 23.7. The van der Waals surface area contributed by atoms with Crippen molar-refractivity contribution in [2.45, 2.75) is 104 Å². The van der Waals surface area contributed by atoms with Crippen LogP contribution in [0.2, 0.25) is 49.7 Å². The molecule has 0 radical (unpaired) electrons. The van der Waals surface area contributed by atoms with Crippen LogP contribution in [0.25, 0.3) is 0 Å². The van der Waals surface area contributed by atoms with Crippen LogP contribution in [0.5, 0.6) is 0 Å². The van der Waals surface area contributed by atoms with Gasteiger partial charge in [0.1, 0.15) is 0 Å². The Morgan fingerprint density at radius 1 is 0.656 bits per heavy atom. The van der Waals surface area contributed by atoms with E-state index in [0.29, 0.717) is 0 Å². The van der Waals surface area contributed by atoms with Crippen LogP contribution in [0.15, 0.2) is 41.4 Å². The predicted molar refractivity (Wildman–Crippen MR) is 160 cm³/mol. The van der Waals surface area contributed by atoms with Crippen LogP contribution >= 0.6 is 24.8 Å². The molecule has 0 heterocycles. The van der Waals surface area contributed by atoms with Crippen LogP contribution in [0.1, 0.15) is 54.4 Å². The van der Waals surface area contributed by atoms with Crippen LogP contribution in [-0.2, 0) is 14.0 Å². The van der Waals surface area contributed by atoms with Gasteiger partial charge in [-0.25, -0.2) is 0 Å². The van der Waals surface area contributed by atoms with E-state index < -0.39 is 30.2 Å². The van der Waals surface area contributed by atoms with Gasteiger partial charge >= 0.3 is 194 Å². The molecule has 6 heteroatoms. The Kier molecular flexibility index (Phi) is 9.68. The van der Waals surface area contributed by atoms with Crippen LogP contribution in [-0.4, -0.2) is 23.8 Å². The average Bonchev–Trinajstić information content (AvgIpc) is 3.11. The molecule has 0 N–H and O–H groups in total. The molecule has 0 amide bonds. The fourth-order valence-corrected chi connectivity index (χ4v) is 25.0. The zero-order valence-corrected chi connectivity index (χ0v) is 30.2. The second kappa shape index (κ2) is 9.41. The molecule has 0 atom stereocenters. The molecule has 0 aromatic heterocycles. The fourth-order valence-electron chi connectivity index (χ4n) is 5.11. The van der Waals surface area contributed by atoms with Gasteiger partial charge in [-0.2, -0.15) is 0 Å².